The van der Waals surface area contributed by atoms with Crippen molar-refractivity contribution in [3.05, 3.63) is 64.4 Å². The van der Waals surface area contributed by atoms with Crippen molar-refractivity contribution >= 4 is 21.4 Å². The largest absolute Gasteiger partial charge is 0.388 e. The number of rotatable bonds is 4. The minimum atomic E-state index is -3.28. The van der Waals surface area contributed by atoms with Crippen LogP contribution in [0.3, 0.4) is 0 Å². The summed E-state index contributed by atoms with van der Waals surface area (Å²) in [6.45, 7) is 0. The fraction of sp³-hybridized carbons (Fsp3) is 0.200. The highest BCUT2D eigenvalue weighted by Crippen LogP contribution is 2.23. The van der Waals surface area contributed by atoms with Crippen LogP contribution in [0.5, 0.6) is 0 Å². The molecule has 0 saturated heterocycles. The third kappa shape index (κ3) is 4.03. The van der Waals surface area contributed by atoms with Gasteiger partial charge in [0.25, 0.3) is 0 Å². The minimum Gasteiger partial charge on any atom is -0.388 e. The fourth-order valence-electron chi connectivity index (χ4n) is 1.96. The van der Waals surface area contributed by atoms with E-state index in [1.54, 1.807) is 0 Å². The third-order valence-electron chi connectivity index (χ3n) is 3.11. The van der Waals surface area contributed by atoms with Gasteiger partial charge in [0, 0.05) is 17.7 Å². The summed E-state index contributed by atoms with van der Waals surface area (Å²) in [4.78, 5) is 0.174. The molecular weight excluding hydrogens is 315 g/mol. The maximum atomic E-state index is 13.6. The van der Waals surface area contributed by atoms with Crippen molar-refractivity contribution in [2.24, 2.45) is 0 Å². The SMILES string of the molecule is CS(=O)(=O)c1ccc(C(O)Cc2cc(Cl)ccc2F)cc1. The molecule has 0 amide bonds. The first-order valence-corrected chi connectivity index (χ1v) is 8.46. The lowest BCUT2D eigenvalue weighted by atomic mass is 10.0. The summed E-state index contributed by atoms with van der Waals surface area (Å²) in [5, 5.41) is 10.5. The Morgan fingerprint density at radius 2 is 1.81 bits per heavy atom. The molecule has 3 nitrogen and oxygen atoms in total. The molecule has 0 radical (unpaired) electrons. The first-order chi connectivity index (χ1) is 9.77. The first-order valence-electron chi connectivity index (χ1n) is 6.19. The predicted octanol–water partition coefficient (Wildman–Crippen LogP) is 3.16. The summed E-state index contributed by atoms with van der Waals surface area (Å²) in [7, 11) is -3.28. The lowest BCUT2D eigenvalue weighted by Gasteiger charge is -2.12. The number of hydrogen-bond donors (Lipinski definition) is 1. The Labute approximate surface area is 127 Å². The van der Waals surface area contributed by atoms with E-state index in [1.165, 1.54) is 42.5 Å². The molecule has 0 heterocycles. The molecule has 2 rings (SSSR count). The summed E-state index contributed by atoms with van der Waals surface area (Å²) in [5.74, 6) is -0.439. The molecular formula is C15H14ClFO3S. The molecule has 2 aromatic rings. The van der Waals surface area contributed by atoms with E-state index >= 15 is 0 Å². The first kappa shape index (κ1) is 15.9. The molecule has 1 N–H and O–H groups in total. The van der Waals surface area contributed by atoms with E-state index in [1.807, 2.05) is 0 Å². The molecule has 0 aliphatic heterocycles. The van der Waals surface area contributed by atoms with E-state index in [0.29, 0.717) is 16.1 Å². The van der Waals surface area contributed by atoms with Crippen molar-refractivity contribution in [2.75, 3.05) is 6.26 Å². The van der Waals surface area contributed by atoms with Gasteiger partial charge in [-0.1, -0.05) is 23.7 Å². The molecule has 6 heteroatoms. The van der Waals surface area contributed by atoms with E-state index in [-0.39, 0.29) is 11.3 Å². The Balaban J connectivity index is 2.20. The Morgan fingerprint density at radius 3 is 2.38 bits per heavy atom. The van der Waals surface area contributed by atoms with Crippen LogP contribution in [-0.2, 0) is 16.3 Å². The minimum absolute atomic E-state index is 0.0601. The van der Waals surface area contributed by atoms with Crippen molar-refractivity contribution in [3.63, 3.8) is 0 Å². The number of hydrogen-bond acceptors (Lipinski definition) is 3. The number of aliphatic hydroxyl groups is 1. The second-order valence-corrected chi connectivity index (χ2v) is 7.25. The van der Waals surface area contributed by atoms with E-state index < -0.39 is 21.8 Å². The van der Waals surface area contributed by atoms with Crippen molar-refractivity contribution in [2.45, 2.75) is 17.4 Å². The molecule has 1 unspecified atom stereocenters. The average Bonchev–Trinajstić information content (AvgIpc) is 2.42. The molecule has 0 aliphatic rings. The molecule has 112 valence electrons. The Morgan fingerprint density at radius 1 is 1.19 bits per heavy atom. The normalized spacial score (nSPS) is 13.1. The lowest BCUT2D eigenvalue weighted by Crippen LogP contribution is -2.04. The number of halogens is 2. The van der Waals surface area contributed by atoms with Crippen LogP contribution >= 0.6 is 11.6 Å². The second kappa shape index (κ2) is 6.13. The topological polar surface area (TPSA) is 54.4 Å². The van der Waals surface area contributed by atoms with Gasteiger partial charge in [-0.05, 0) is 41.5 Å². The van der Waals surface area contributed by atoms with E-state index in [0.717, 1.165) is 6.26 Å². The highest BCUT2D eigenvalue weighted by molar-refractivity contribution is 7.90. The van der Waals surface area contributed by atoms with Crippen LogP contribution in [0, 0.1) is 5.82 Å². The van der Waals surface area contributed by atoms with Gasteiger partial charge in [-0.15, -0.1) is 0 Å². The molecule has 0 bridgehead atoms. The van der Waals surface area contributed by atoms with E-state index in [2.05, 4.69) is 0 Å². The van der Waals surface area contributed by atoms with Gasteiger partial charge >= 0.3 is 0 Å². The van der Waals surface area contributed by atoms with Gasteiger partial charge in [0.05, 0.1) is 11.0 Å². The van der Waals surface area contributed by atoms with Crippen molar-refractivity contribution < 1.29 is 17.9 Å². The van der Waals surface area contributed by atoms with Gasteiger partial charge < -0.3 is 5.11 Å². The zero-order valence-electron chi connectivity index (χ0n) is 11.3. The quantitative estimate of drug-likeness (QED) is 0.938. The van der Waals surface area contributed by atoms with Crippen LogP contribution in [0.25, 0.3) is 0 Å². The Bertz CT molecular complexity index is 742. The third-order valence-corrected chi connectivity index (χ3v) is 4.48. The van der Waals surface area contributed by atoms with Crippen LogP contribution in [0.15, 0.2) is 47.4 Å². The molecule has 0 aliphatic carbocycles. The molecule has 0 spiro atoms. The highest BCUT2D eigenvalue weighted by Gasteiger charge is 2.14. The average molecular weight is 329 g/mol. The summed E-state index contributed by atoms with van der Waals surface area (Å²) < 4.78 is 36.3. The molecule has 1 atom stereocenters. The summed E-state index contributed by atoms with van der Waals surface area (Å²) in [6.07, 6.45) is 0.233. The number of benzene rings is 2. The summed E-state index contributed by atoms with van der Waals surface area (Å²) >= 11 is 5.80. The maximum absolute atomic E-state index is 13.6. The van der Waals surface area contributed by atoms with Gasteiger partial charge in [-0.25, -0.2) is 12.8 Å². The highest BCUT2D eigenvalue weighted by atomic mass is 35.5. The van der Waals surface area contributed by atoms with Gasteiger partial charge in [0.2, 0.25) is 0 Å². The van der Waals surface area contributed by atoms with Gasteiger partial charge in [0.1, 0.15) is 5.82 Å². The van der Waals surface area contributed by atoms with Gasteiger partial charge in [-0.2, -0.15) is 0 Å². The number of sulfone groups is 1. The summed E-state index contributed by atoms with van der Waals surface area (Å²) in [5.41, 5.74) is 0.823. The Hall–Kier alpha value is -1.43. The van der Waals surface area contributed by atoms with Crippen molar-refractivity contribution in [1.82, 2.24) is 0 Å². The van der Waals surface area contributed by atoms with Gasteiger partial charge in [0.15, 0.2) is 9.84 Å². The molecule has 2 aromatic carbocycles. The van der Waals surface area contributed by atoms with Crippen molar-refractivity contribution in [1.29, 1.82) is 0 Å². The van der Waals surface area contributed by atoms with Crippen LogP contribution in [0.2, 0.25) is 5.02 Å². The molecule has 0 aromatic heterocycles. The predicted molar refractivity (Wildman–Crippen MR) is 79.6 cm³/mol. The molecule has 0 fully saturated rings. The summed E-state index contributed by atoms with van der Waals surface area (Å²) in [6, 6.07) is 10.0. The lowest BCUT2D eigenvalue weighted by molar-refractivity contribution is 0.177. The van der Waals surface area contributed by atoms with Crippen molar-refractivity contribution in [3.8, 4) is 0 Å². The van der Waals surface area contributed by atoms with Crippen LogP contribution < -0.4 is 0 Å². The fourth-order valence-corrected chi connectivity index (χ4v) is 2.79. The standard InChI is InChI=1S/C15H14ClFO3S/c1-21(19,20)13-5-2-10(3-6-13)15(18)9-11-8-12(16)4-7-14(11)17/h2-8,15,18H,9H2,1H3. The Kier molecular flexibility index (Phi) is 4.66. The monoisotopic (exact) mass is 328 g/mol. The van der Waals surface area contributed by atoms with Crippen LogP contribution in [0.1, 0.15) is 17.2 Å². The van der Waals surface area contributed by atoms with Crippen LogP contribution in [-0.4, -0.2) is 19.8 Å². The zero-order chi connectivity index (χ0) is 15.6. The zero-order valence-corrected chi connectivity index (χ0v) is 12.8. The second-order valence-electron chi connectivity index (χ2n) is 4.80. The van der Waals surface area contributed by atoms with E-state index in [9.17, 15) is 17.9 Å². The maximum Gasteiger partial charge on any atom is 0.175 e. The molecule has 21 heavy (non-hydrogen) atoms. The smallest absolute Gasteiger partial charge is 0.175 e. The van der Waals surface area contributed by atoms with Gasteiger partial charge in [-0.3, -0.25) is 0 Å². The molecule has 0 saturated carbocycles. The van der Waals surface area contributed by atoms with Crippen LogP contribution in [0.4, 0.5) is 4.39 Å². The van der Waals surface area contributed by atoms with E-state index in [4.69, 9.17) is 11.6 Å². The number of aliphatic hydroxyl groups excluding tert-OH is 1.